The Balaban J connectivity index is 2.36. The van der Waals surface area contributed by atoms with Crippen molar-refractivity contribution in [2.24, 2.45) is 5.92 Å². The van der Waals surface area contributed by atoms with Gasteiger partial charge >= 0.3 is 5.97 Å². The normalized spacial score (nSPS) is 16.3. The van der Waals surface area contributed by atoms with E-state index in [4.69, 9.17) is 5.11 Å². The largest absolute Gasteiger partial charge is 0.481 e. The number of rotatable bonds is 3. The molecule has 0 saturated carbocycles. The molecule has 0 radical (unpaired) electrons. The summed E-state index contributed by atoms with van der Waals surface area (Å²) in [5.41, 5.74) is 1.68. The zero-order chi connectivity index (χ0) is 14.2. The zero-order valence-electron chi connectivity index (χ0n) is 10.8. The van der Waals surface area contributed by atoms with Crippen molar-refractivity contribution in [3.63, 3.8) is 0 Å². The van der Waals surface area contributed by atoms with E-state index in [0.29, 0.717) is 6.54 Å². The van der Waals surface area contributed by atoms with Crippen molar-refractivity contribution >= 4 is 39.2 Å². The fourth-order valence-electron chi connectivity index (χ4n) is 2.09. The number of nitrogens with zero attached hydrogens (tertiary/aromatic N) is 2. The molecule has 19 heavy (non-hydrogen) atoms. The number of hydrogen-bond acceptors (Lipinski definition) is 3. The van der Waals surface area contributed by atoms with Gasteiger partial charge in [-0.25, -0.2) is 0 Å². The number of aliphatic carboxylic acids is 1. The summed E-state index contributed by atoms with van der Waals surface area (Å²) in [6.07, 6.45) is 0. The van der Waals surface area contributed by atoms with Crippen LogP contribution in [0.15, 0.2) is 22.7 Å². The van der Waals surface area contributed by atoms with E-state index in [0.717, 1.165) is 15.8 Å². The van der Waals surface area contributed by atoms with E-state index < -0.39 is 11.9 Å². The highest BCUT2D eigenvalue weighted by atomic mass is 79.9. The molecular formula is C13H15BrN2O3. The Morgan fingerprint density at radius 2 is 2.16 bits per heavy atom. The van der Waals surface area contributed by atoms with Crippen molar-refractivity contribution in [3.05, 3.63) is 22.7 Å². The SMILES string of the molecule is CC(CN1CC(=O)N(C)c2ccc(Br)cc21)C(=O)O. The van der Waals surface area contributed by atoms with E-state index in [1.807, 2.05) is 23.1 Å². The van der Waals surface area contributed by atoms with Crippen molar-refractivity contribution in [3.8, 4) is 0 Å². The first-order valence-corrected chi connectivity index (χ1v) is 6.73. The van der Waals surface area contributed by atoms with Gasteiger partial charge in [-0.3, -0.25) is 9.59 Å². The molecule has 0 bridgehead atoms. The highest BCUT2D eigenvalue weighted by molar-refractivity contribution is 9.10. The van der Waals surface area contributed by atoms with Gasteiger partial charge in [-0.15, -0.1) is 0 Å². The number of fused-ring (bicyclic) bond motifs is 1. The third kappa shape index (κ3) is 2.73. The maximum Gasteiger partial charge on any atom is 0.308 e. The molecule has 1 amide bonds. The van der Waals surface area contributed by atoms with Crippen LogP contribution in [0.1, 0.15) is 6.92 Å². The van der Waals surface area contributed by atoms with Gasteiger partial charge in [-0.05, 0) is 18.2 Å². The summed E-state index contributed by atoms with van der Waals surface area (Å²) in [5, 5.41) is 9.00. The summed E-state index contributed by atoms with van der Waals surface area (Å²) in [6, 6.07) is 5.63. The molecule has 0 aliphatic carbocycles. The fraction of sp³-hybridized carbons (Fsp3) is 0.385. The van der Waals surface area contributed by atoms with E-state index in [9.17, 15) is 9.59 Å². The van der Waals surface area contributed by atoms with E-state index in [-0.39, 0.29) is 12.5 Å². The van der Waals surface area contributed by atoms with E-state index in [2.05, 4.69) is 15.9 Å². The Morgan fingerprint density at radius 1 is 1.47 bits per heavy atom. The molecule has 1 unspecified atom stereocenters. The topological polar surface area (TPSA) is 60.9 Å². The van der Waals surface area contributed by atoms with Gasteiger partial charge in [0.15, 0.2) is 0 Å². The number of carboxylic acid groups (broad SMARTS) is 1. The summed E-state index contributed by atoms with van der Waals surface area (Å²) >= 11 is 3.40. The molecule has 1 aliphatic rings. The van der Waals surface area contributed by atoms with Crippen molar-refractivity contribution in [1.82, 2.24) is 0 Å². The molecule has 5 nitrogen and oxygen atoms in total. The summed E-state index contributed by atoms with van der Waals surface area (Å²) in [6.45, 7) is 2.17. The molecule has 0 saturated heterocycles. The average Bonchev–Trinajstić information content (AvgIpc) is 2.35. The molecule has 1 N–H and O–H groups in total. The number of benzene rings is 1. The van der Waals surface area contributed by atoms with Crippen LogP contribution in [0.4, 0.5) is 11.4 Å². The van der Waals surface area contributed by atoms with Crippen molar-refractivity contribution in [2.75, 3.05) is 29.9 Å². The van der Waals surface area contributed by atoms with Gasteiger partial charge in [0.2, 0.25) is 5.91 Å². The third-order valence-corrected chi connectivity index (χ3v) is 3.75. The van der Waals surface area contributed by atoms with E-state index in [1.54, 1.807) is 18.9 Å². The van der Waals surface area contributed by atoms with Crippen LogP contribution in [0.5, 0.6) is 0 Å². The number of likely N-dealkylation sites (N-methyl/N-ethyl adjacent to an activating group) is 1. The Kier molecular flexibility index (Phi) is 3.80. The number of hydrogen-bond donors (Lipinski definition) is 1. The predicted octanol–water partition coefficient (Wildman–Crippen LogP) is 1.95. The highest BCUT2D eigenvalue weighted by Gasteiger charge is 2.28. The molecule has 102 valence electrons. The Morgan fingerprint density at radius 3 is 2.79 bits per heavy atom. The summed E-state index contributed by atoms with van der Waals surface area (Å²) in [7, 11) is 1.73. The molecule has 1 atom stereocenters. The molecule has 0 fully saturated rings. The first-order chi connectivity index (χ1) is 8.90. The Bertz CT molecular complexity index is 533. The molecule has 6 heteroatoms. The van der Waals surface area contributed by atoms with Crippen LogP contribution in [0, 0.1) is 5.92 Å². The summed E-state index contributed by atoms with van der Waals surface area (Å²) in [4.78, 5) is 26.3. The lowest BCUT2D eigenvalue weighted by Crippen LogP contribution is -2.46. The highest BCUT2D eigenvalue weighted by Crippen LogP contribution is 2.35. The minimum absolute atomic E-state index is 0.0348. The maximum absolute atomic E-state index is 11.9. The van der Waals surface area contributed by atoms with Gasteiger partial charge in [-0.1, -0.05) is 22.9 Å². The van der Waals surface area contributed by atoms with Crippen molar-refractivity contribution in [1.29, 1.82) is 0 Å². The number of amides is 1. The lowest BCUT2D eigenvalue weighted by Gasteiger charge is -2.36. The van der Waals surface area contributed by atoms with Crippen molar-refractivity contribution in [2.45, 2.75) is 6.92 Å². The van der Waals surface area contributed by atoms with E-state index >= 15 is 0 Å². The first-order valence-electron chi connectivity index (χ1n) is 5.94. The molecule has 2 rings (SSSR count). The van der Waals surface area contributed by atoms with Gasteiger partial charge in [0.05, 0.1) is 23.8 Å². The van der Waals surface area contributed by atoms with Gasteiger partial charge in [0.1, 0.15) is 0 Å². The number of anilines is 2. The van der Waals surface area contributed by atoms with Crippen LogP contribution < -0.4 is 9.80 Å². The fourth-order valence-corrected chi connectivity index (χ4v) is 2.44. The second kappa shape index (κ2) is 5.21. The Hall–Kier alpha value is -1.56. The van der Waals surface area contributed by atoms with Crippen LogP contribution in [-0.2, 0) is 9.59 Å². The summed E-state index contributed by atoms with van der Waals surface area (Å²) < 4.78 is 0.905. The molecule has 1 aliphatic heterocycles. The zero-order valence-corrected chi connectivity index (χ0v) is 12.3. The Labute approximate surface area is 119 Å². The summed E-state index contributed by atoms with van der Waals surface area (Å²) in [5.74, 6) is -1.42. The number of halogens is 1. The van der Waals surface area contributed by atoms with Crippen LogP contribution in [-0.4, -0.2) is 37.1 Å². The molecule has 1 heterocycles. The van der Waals surface area contributed by atoms with Crippen LogP contribution >= 0.6 is 15.9 Å². The van der Waals surface area contributed by atoms with Crippen LogP contribution in [0.3, 0.4) is 0 Å². The molecule has 0 spiro atoms. The standard InChI is InChI=1S/C13H15BrN2O3/c1-8(13(18)19)6-16-7-12(17)15(2)10-4-3-9(14)5-11(10)16/h3-5,8H,6-7H2,1-2H3,(H,18,19). The van der Waals surface area contributed by atoms with Crippen LogP contribution in [0.25, 0.3) is 0 Å². The van der Waals surface area contributed by atoms with E-state index in [1.165, 1.54) is 0 Å². The van der Waals surface area contributed by atoms with Gasteiger partial charge in [0.25, 0.3) is 0 Å². The first kappa shape index (κ1) is 13.9. The van der Waals surface area contributed by atoms with Gasteiger partial charge < -0.3 is 14.9 Å². The molecule has 1 aromatic carbocycles. The second-order valence-corrected chi connectivity index (χ2v) is 5.62. The number of carbonyl (C=O) groups excluding carboxylic acids is 1. The van der Waals surface area contributed by atoms with Gasteiger partial charge in [-0.2, -0.15) is 0 Å². The molecule has 0 aromatic heterocycles. The van der Waals surface area contributed by atoms with Crippen LogP contribution in [0.2, 0.25) is 0 Å². The second-order valence-electron chi connectivity index (χ2n) is 4.71. The minimum atomic E-state index is -0.858. The smallest absolute Gasteiger partial charge is 0.308 e. The van der Waals surface area contributed by atoms with Gasteiger partial charge in [0, 0.05) is 18.1 Å². The molecule has 1 aromatic rings. The average molecular weight is 327 g/mol. The lowest BCUT2D eigenvalue weighted by molar-refractivity contribution is -0.140. The lowest BCUT2D eigenvalue weighted by atomic mass is 10.1. The predicted molar refractivity (Wildman–Crippen MR) is 76.6 cm³/mol. The maximum atomic E-state index is 11.9. The monoisotopic (exact) mass is 326 g/mol. The minimum Gasteiger partial charge on any atom is -0.481 e. The van der Waals surface area contributed by atoms with Crippen molar-refractivity contribution < 1.29 is 14.7 Å². The third-order valence-electron chi connectivity index (χ3n) is 3.26. The number of carbonyl (C=O) groups is 2. The molecular weight excluding hydrogens is 312 g/mol. The quantitative estimate of drug-likeness (QED) is 0.922. The number of carboxylic acids is 1.